The number of esters is 1. The van der Waals surface area contributed by atoms with Crippen molar-refractivity contribution in [2.24, 2.45) is 0 Å². The number of hydrogen-bond acceptors (Lipinski definition) is 6. The highest BCUT2D eigenvalue weighted by Crippen LogP contribution is 2.20. The van der Waals surface area contributed by atoms with Crippen LogP contribution in [0.4, 0.5) is 5.69 Å². The van der Waals surface area contributed by atoms with Crippen LogP contribution in [0.3, 0.4) is 0 Å². The minimum absolute atomic E-state index is 0.227. The molecule has 0 spiro atoms. The van der Waals surface area contributed by atoms with Crippen LogP contribution in [0, 0.1) is 0 Å². The summed E-state index contributed by atoms with van der Waals surface area (Å²) in [5.41, 5.74) is 2.55. The highest BCUT2D eigenvalue weighted by Gasteiger charge is 2.18. The molecule has 0 radical (unpaired) electrons. The van der Waals surface area contributed by atoms with Crippen molar-refractivity contribution < 1.29 is 19.1 Å². The molecule has 3 aromatic rings. The summed E-state index contributed by atoms with van der Waals surface area (Å²) in [5, 5.41) is 3.04. The Kier molecular flexibility index (Phi) is 9.11. The van der Waals surface area contributed by atoms with Gasteiger partial charge in [-0.3, -0.25) is 15.1 Å². The molecule has 0 saturated heterocycles. The Balaban J connectivity index is 1.81. The summed E-state index contributed by atoms with van der Waals surface area (Å²) < 4.78 is 10.7. The van der Waals surface area contributed by atoms with Crippen LogP contribution in [0.2, 0.25) is 0 Å². The van der Waals surface area contributed by atoms with Gasteiger partial charge in [-0.05, 0) is 85.7 Å². The lowest BCUT2D eigenvalue weighted by molar-refractivity contribution is 0.0526. The van der Waals surface area contributed by atoms with Crippen molar-refractivity contribution in [2.45, 2.75) is 26.8 Å². The number of benzene rings is 2. The van der Waals surface area contributed by atoms with Crippen molar-refractivity contribution in [3.05, 3.63) is 89.7 Å². The van der Waals surface area contributed by atoms with Crippen LogP contribution >= 0.6 is 12.2 Å². The van der Waals surface area contributed by atoms with E-state index in [0.29, 0.717) is 36.6 Å². The Morgan fingerprint density at radius 3 is 2.41 bits per heavy atom. The molecule has 1 N–H and O–H groups in total. The molecule has 0 bridgehead atoms. The number of pyridine rings is 1. The second-order valence-electron chi connectivity index (χ2n) is 7.34. The van der Waals surface area contributed by atoms with Crippen molar-refractivity contribution in [1.29, 1.82) is 0 Å². The molecular weight excluding hydrogens is 450 g/mol. The van der Waals surface area contributed by atoms with E-state index in [2.05, 4.69) is 10.3 Å². The zero-order valence-corrected chi connectivity index (χ0v) is 20.0. The Morgan fingerprint density at radius 2 is 1.74 bits per heavy atom. The summed E-state index contributed by atoms with van der Waals surface area (Å²) in [4.78, 5) is 30.8. The first-order valence-electron chi connectivity index (χ1n) is 11.0. The summed E-state index contributed by atoms with van der Waals surface area (Å²) >= 11 is 5.62. The van der Waals surface area contributed by atoms with Gasteiger partial charge in [-0.25, -0.2) is 4.79 Å². The summed E-state index contributed by atoms with van der Waals surface area (Å²) in [6.07, 6.45) is 4.26. The molecule has 8 heteroatoms. The number of carbonyl (C=O) groups excluding carboxylic acids is 2. The van der Waals surface area contributed by atoms with Gasteiger partial charge in [0, 0.05) is 23.6 Å². The molecule has 0 aliphatic carbocycles. The number of nitrogens with one attached hydrogen (secondary N) is 1. The van der Waals surface area contributed by atoms with Gasteiger partial charge in [0.15, 0.2) is 5.11 Å². The third kappa shape index (κ3) is 6.86. The van der Waals surface area contributed by atoms with Crippen LogP contribution in [0.25, 0.3) is 0 Å². The van der Waals surface area contributed by atoms with Gasteiger partial charge in [-0.15, -0.1) is 0 Å². The largest absolute Gasteiger partial charge is 0.494 e. The Bertz CT molecular complexity index is 1120. The average molecular weight is 478 g/mol. The van der Waals surface area contributed by atoms with Crippen LogP contribution in [0.15, 0.2) is 73.1 Å². The third-order valence-corrected chi connectivity index (χ3v) is 5.14. The number of nitrogens with zero attached hydrogens (tertiary/aromatic N) is 2. The normalized spacial score (nSPS) is 10.3. The topological polar surface area (TPSA) is 80.8 Å². The number of anilines is 1. The van der Waals surface area contributed by atoms with Crippen molar-refractivity contribution in [3.8, 4) is 5.75 Å². The minimum atomic E-state index is -0.393. The predicted octanol–water partition coefficient (Wildman–Crippen LogP) is 4.77. The number of hydrogen-bond donors (Lipinski definition) is 1. The second-order valence-corrected chi connectivity index (χ2v) is 7.73. The van der Waals surface area contributed by atoms with E-state index in [9.17, 15) is 9.59 Å². The third-order valence-electron chi connectivity index (χ3n) is 4.81. The molecule has 7 nitrogen and oxygen atoms in total. The lowest BCUT2D eigenvalue weighted by atomic mass is 10.1. The van der Waals surface area contributed by atoms with E-state index >= 15 is 0 Å². The van der Waals surface area contributed by atoms with E-state index < -0.39 is 5.97 Å². The molecule has 34 heavy (non-hydrogen) atoms. The van der Waals surface area contributed by atoms with Crippen molar-refractivity contribution in [2.75, 3.05) is 18.1 Å². The monoisotopic (exact) mass is 477 g/mol. The van der Waals surface area contributed by atoms with Gasteiger partial charge in [-0.1, -0.05) is 13.0 Å². The molecule has 1 aromatic heterocycles. The van der Waals surface area contributed by atoms with E-state index in [1.54, 1.807) is 66.7 Å². The van der Waals surface area contributed by atoms with E-state index in [1.165, 1.54) is 0 Å². The predicted molar refractivity (Wildman–Crippen MR) is 135 cm³/mol. The van der Waals surface area contributed by atoms with Gasteiger partial charge in [0.2, 0.25) is 0 Å². The summed E-state index contributed by atoms with van der Waals surface area (Å²) in [5.74, 6) is -0.103. The van der Waals surface area contributed by atoms with Gasteiger partial charge < -0.3 is 14.4 Å². The molecule has 0 saturated carbocycles. The molecule has 1 amide bonds. The number of aromatic nitrogens is 1. The van der Waals surface area contributed by atoms with Gasteiger partial charge in [-0.2, -0.15) is 0 Å². The highest BCUT2D eigenvalue weighted by molar-refractivity contribution is 7.80. The van der Waals surface area contributed by atoms with E-state index in [0.717, 1.165) is 17.7 Å². The highest BCUT2D eigenvalue weighted by atomic mass is 32.1. The number of amides is 1. The summed E-state index contributed by atoms with van der Waals surface area (Å²) in [7, 11) is 0. The van der Waals surface area contributed by atoms with Crippen molar-refractivity contribution >= 4 is 34.9 Å². The fourth-order valence-corrected chi connectivity index (χ4v) is 3.39. The van der Waals surface area contributed by atoms with Gasteiger partial charge in [0.25, 0.3) is 5.91 Å². The number of thiocarbonyl (C=S) groups is 1. The molecule has 0 aliphatic rings. The Hall–Kier alpha value is -3.78. The first kappa shape index (κ1) is 24.9. The fraction of sp³-hybridized carbons (Fsp3) is 0.231. The number of carbonyl (C=O) groups is 2. The first-order valence-corrected chi connectivity index (χ1v) is 11.4. The Labute approximate surface area is 204 Å². The fourth-order valence-electron chi connectivity index (χ4n) is 3.13. The van der Waals surface area contributed by atoms with E-state index in [-0.39, 0.29) is 11.0 Å². The van der Waals surface area contributed by atoms with Gasteiger partial charge in [0.05, 0.1) is 25.3 Å². The number of ether oxygens (including phenoxy) is 2. The summed E-state index contributed by atoms with van der Waals surface area (Å²) in [6.45, 7) is 5.06. The SMILES string of the molecule is CCCOc1cccc(C(=O)NC(=S)N(Cc2ccncc2)c2ccc(C(=O)OCC)cc2)c1. The molecule has 0 unspecified atom stereocenters. The second kappa shape index (κ2) is 12.5. The molecule has 0 fully saturated rings. The zero-order chi connectivity index (χ0) is 24.3. The van der Waals surface area contributed by atoms with Crippen LogP contribution in [0.5, 0.6) is 5.75 Å². The molecule has 2 aromatic carbocycles. The average Bonchev–Trinajstić information content (AvgIpc) is 2.87. The van der Waals surface area contributed by atoms with Crippen LogP contribution in [-0.4, -0.2) is 35.2 Å². The van der Waals surface area contributed by atoms with E-state index in [4.69, 9.17) is 21.7 Å². The van der Waals surface area contributed by atoms with Crippen LogP contribution in [-0.2, 0) is 11.3 Å². The van der Waals surface area contributed by atoms with Crippen LogP contribution < -0.4 is 15.0 Å². The molecular formula is C26H27N3O4S. The standard InChI is InChI=1S/C26H27N3O4S/c1-3-16-33-23-7-5-6-21(17-23)24(30)28-26(34)29(18-19-12-14-27-15-13-19)22-10-8-20(9-11-22)25(31)32-4-2/h5-15,17H,3-4,16,18H2,1-2H3,(H,28,30,34). The molecule has 1 heterocycles. The van der Waals surface area contributed by atoms with Gasteiger partial charge >= 0.3 is 5.97 Å². The van der Waals surface area contributed by atoms with Crippen LogP contribution in [0.1, 0.15) is 46.5 Å². The van der Waals surface area contributed by atoms with Crippen molar-refractivity contribution in [1.82, 2.24) is 10.3 Å². The lowest BCUT2D eigenvalue weighted by Crippen LogP contribution is -2.42. The van der Waals surface area contributed by atoms with Gasteiger partial charge in [0.1, 0.15) is 5.75 Å². The number of rotatable bonds is 9. The maximum atomic E-state index is 12.9. The minimum Gasteiger partial charge on any atom is -0.494 e. The summed E-state index contributed by atoms with van der Waals surface area (Å²) in [6, 6.07) is 17.6. The van der Waals surface area contributed by atoms with E-state index in [1.807, 2.05) is 25.1 Å². The smallest absolute Gasteiger partial charge is 0.338 e. The zero-order valence-electron chi connectivity index (χ0n) is 19.2. The maximum Gasteiger partial charge on any atom is 0.338 e. The molecule has 0 atom stereocenters. The van der Waals surface area contributed by atoms with Crippen molar-refractivity contribution in [3.63, 3.8) is 0 Å². The maximum absolute atomic E-state index is 12.9. The molecule has 0 aliphatic heterocycles. The Morgan fingerprint density at radius 1 is 1.00 bits per heavy atom. The first-order chi connectivity index (χ1) is 16.5. The molecule has 176 valence electrons. The lowest BCUT2D eigenvalue weighted by Gasteiger charge is -2.26. The molecule has 3 rings (SSSR count). The quantitative estimate of drug-likeness (QED) is 0.351.